The fourth-order valence-electron chi connectivity index (χ4n) is 1.81. The molecule has 3 atom stereocenters. The molecule has 5 heteroatoms. The van der Waals surface area contributed by atoms with Crippen molar-refractivity contribution < 1.29 is 9.00 Å². The number of piperidine rings is 1. The van der Waals surface area contributed by atoms with Crippen LogP contribution in [0.25, 0.3) is 0 Å². The number of carbonyl (C=O) groups excluding carboxylic acids is 1. The Balaban J connectivity index is 2.30. The van der Waals surface area contributed by atoms with Crippen LogP contribution in [-0.4, -0.2) is 40.8 Å². The van der Waals surface area contributed by atoms with Gasteiger partial charge in [0.05, 0.1) is 6.04 Å². The lowest BCUT2D eigenvalue weighted by Gasteiger charge is -2.24. The van der Waals surface area contributed by atoms with Gasteiger partial charge in [0.1, 0.15) is 0 Å². The first-order valence-electron chi connectivity index (χ1n) is 5.43. The van der Waals surface area contributed by atoms with E-state index in [1.54, 1.807) is 6.26 Å². The van der Waals surface area contributed by atoms with E-state index < -0.39 is 10.8 Å². The quantitative estimate of drug-likeness (QED) is 0.718. The first kappa shape index (κ1) is 12.6. The second kappa shape index (κ2) is 6.23. The molecule has 0 aromatic rings. The maximum atomic E-state index is 11.7. The van der Waals surface area contributed by atoms with Crippen LogP contribution >= 0.6 is 0 Å². The zero-order valence-corrected chi connectivity index (χ0v) is 10.2. The van der Waals surface area contributed by atoms with Crippen molar-refractivity contribution in [1.29, 1.82) is 0 Å². The maximum absolute atomic E-state index is 11.7. The molecule has 2 N–H and O–H groups in total. The zero-order chi connectivity index (χ0) is 11.3. The molecule has 0 bridgehead atoms. The minimum atomic E-state index is -0.852. The van der Waals surface area contributed by atoms with Crippen molar-refractivity contribution in [3.8, 4) is 0 Å². The molecule has 2 unspecified atom stereocenters. The molecule has 15 heavy (non-hydrogen) atoms. The van der Waals surface area contributed by atoms with E-state index in [0.29, 0.717) is 5.75 Å². The highest BCUT2D eigenvalue weighted by atomic mass is 32.2. The second-order valence-corrected chi connectivity index (χ2v) is 5.63. The van der Waals surface area contributed by atoms with Crippen LogP contribution < -0.4 is 10.6 Å². The Kier molecular flexibility index (Phi) is 5.25. The standard InChI is InChI=1S/C10H20N2O2S/c1-8(7-15(2)14)12-10(13)9-5-3-4-6-11-9/h8-9,11H,3-7H2,1-2H3,(H,12,13)/t8?,9-,15?/m0/s1. The largest absolute Gasteiger partial charge is 0.351 e. The Morgan fingerprint density at radius 1 is 1.60 bits per heavy atom. The molecule has 1 amide bonds. The molecule has 0 aromatic heterocycles. The number of nitrogens with one attached hydrogen (secondary N) is 2. The fourth-order valence-corrected chi connectivity index (χ4v) is 2.60. The number of hydrogen-bond donors (Lipinski definition) is 2. The van der Waals surface area contributed by atoms with Crippen molar-refractivity contribution >= 4 is 16.7 Å². The van der Waals surface area contributed by atoms with Crippen LogP contribution in [0.2, 0.25) is 0 Å². The normalized spacial score (nSPS) is 25.6. The summed E-state index contributed by atoms with van der Waals surface area (Å²) < 4.78 is 11.0. The van der Waals surface area contributed by atoms with Crippen LogP contribution in [0.1, 0.15) is 26.2 Å². The van der Waals surface area contributed by atoms with Crippen LogP contribution in [0.15, 0.2) is 0 Å². The van der Waals surface area contributed by atoms with Crippen molar-refractivity contribution in [3.63, 3.8) is 0 Å². The van der Waals surface area contributed by atoms with Gasteiger partial charge in [-0.15, -0.1) is 0 Å². The number of hydrogen-bond acceptors (Lipinski definition) is 3. The fraction of sp³-hybridized carbons (Fsp3) is 0.900. The van der Waals surface area contributed by atoms with Gasteiger partial charge in [0.2, 0.25) is 5.91 Å². The first-order chi connectivity index (χ1) is 7.09. The Hall–Kier alpha value is -0.420. The van der Waals surface area contributed by atoms with Crippen molar-refractivity contribution in [2.24, 2.45) is 0 Å². The molecule has 0 aliphatic carbocycles. The van der Waals surface area contributed by atoms with Gasteiger partial charge in [-0.1, -0.05) is 6.42 Å². The number of rotatable bonds is 4. The van der Waals surface area contributed by atoms with Gasteiger partial charge in [0.15, 0.2) is 0 Å². The van der Waals surface area contributed by atoms with Crippen LogP contribution in [0.3, 0.4) is 0 Å². The lowest BCUT2D eigenvalue weighted by atomic mass is 10.0. The Bertz CT molecular complexity index is 240. The van der Waals surface area contributed by atoms with Gasteiger partial charge in [-0.05, 0) is 26.3 Å². The molecule has 4 nitrogen and oxygen atoms in total. The third-order valence-corrected chi connectivity index (χ3v) is 3.47. The molecule has 1 heterocycles. The van der Waals surface area contributed by atoms with E-state index in [9.17, 15) is 9.00 Å². The Labute approximate surface area is 93.7 Å². The minimum absolute atomic E-state index is 0.00735. The lowest BCUT2D eigenvalue weighted by Crippen LogP contribution is -2.49. The molecule has 1 aliphatic heterocycles. The molecule has 0 saturated carbocycles. The number of amides is 1. The van der Waals surface area contributed by atoms with Gasteiger partial charge >= 0.3 is 0 Å². The molecule has 1 fully saturated rings. The smallest absolute Gasteiger partial charge is 0.237 e. The summed E-state index contributed by atoms with van der Waals surface area (Å²) in [6.07, 6.45) is 4.83. The van der Waals surface area contributed by atoms with E-state index in [1.165, 1.54) is 0 Å². The van der Waals surface area contributed by atoms with Crippen molar-refractivity contribution in [2.45, 2.75) is 38.3 Å². The topological polar surface area (TPSA) is 58.2 Å². The van der Waals surface area contributed by atoms with E-state index in [1.807, 2.05) is 6.92 Å². The predicted molar refractivity (Wildman–Crippen MR) is 62.2 cm³/mol. The minimum Gasteiger partial charge on any atom is -0.351 e. The zero-order valence-electron chi connectivity index (χ0n) is 9.41. The molecule has 1 aliphatic rings. The van der Waals surface area contributed by atoms with Crippen LogP contribution in [0.4, 0.5) is 0 Å². The first-order valence-corrected chi connectivity index (χ1v) is 7.16. The van der Waals surface area contributed by atoms with Crippen molar-refractivity contribution in [3.05, 3.63) is 0 Å². The molecule has 0 radical (unpaired) electrons. The SMILES string of the molecule is CC(CS(C)=O)NC(=O)[C@@H]1CCCCN1. The molecular weight excluding hydrogens is 212 g/mol. The van der Waals surface area contributed by atoms with E-state index in [-0.39, 0.29) is 18.0 Å². The van der Waals surface area contributed by atoms with E-state index in [0.717, 1.165) is 25.8 Å². The predicted octanol–water partition coefficient (Wildman–Crippen LogP) is 0.0117. The van der Waals surface area contributed by atoms with Gasteiger partial charge in [0.25, 0.3) is 0 Å². The highest BCUT2D eigenvalue weighted by Gasteiger charge is 2.21. The van der Waals surface area contributed by atoms with Gasteiger partial charge in [0, 0.05) is 28.9 Å². The molecule has 88 valence electrons. The summed E-state index contributed by atoms with van der Waals surface area (Å²) in [5, 5.41) is 6.08. The van der Waals surface area contributed by atoms with Gasteiger partial charge in [-0.3, -0.25) is 9.00 Å². The summed E-state index contributed by atoms with van der Waals surface area (Å²) in [5.74, 6) is 0.575. The van der Waals surface area contributed by atoms with Crippen LogP contribution in [-0.2, 0) is 15.6 Å². The third kappa shape index (κ3) is 4.75. The Morgan fingerprint density at radius 3 is 2.87 bits per heavy atom. The summed E-state index contributed by atoms with van der Waals surface area (Å²) in [5.41, 5.74) is 0. The maximum Gasteiger partial charge on any atom is 0.237 e. The van der Waals surface area contributed by atoms with Gasteiger partial charge in [-0.2, -0.15) is 0 Å². The third-order valence-electron chi connectivity index (χ3n) is 2.50. The van der Waals surface area contributed by atoms with Gasteiger partial charge < -0.3 is 10.6 Å². The number of carbonyl (C=O) groups is 1. The molecule has 0 aromatic carbocycles. The van der Waals surface area contributed by atoms with E-state index in [4.69, 9.17) is 0 Å². The van der Waals surface area contributed by atoms with Crippen LogP contribution in [0, 0.1) is 0 Å². The molecule has 1 saturated heterocycles. The average Bonchev–Trinajstić information content (AvgIpc) is 2.17. The lowest BCUT2D eigenvalue weighted by molar-refractivity contribution is -0.124. The summed E-state index contributed by atoms with van der Waals surface area (Å²) in [7, 11) is -0.852. The van der Waals surface area contributed by atoms with E-state index >= 15 is 0 Å². The van der Waals surface area contributed by atoms with Gasteiger partial charge in [-0.25, -0.2) is 0 Å². The van der Waals surface area contributed by atoms with Crippen molar-refractivity contribution in [2.75, 3.05) is 18.6 Å². The molecule has 0 spiro atoms. The van der Waals surface area contributed by atoms with E-state index in [2.05, 4.69) is 10.6 Å². The highest BCUT2D eigenvalue weighted by molar-refractivity contribution is 7.84. The second-order valence-electron chi connectivity index (χ2n) is 4.15. The van der Waals surface area contributed by atoms with Crippen molar-refractivity contribution in [1.82, 2.24) is 10.6 Å². The monoisotopic (exact) mass is 232 g/mol. The highest BCUT2D eigenvalue weighted by Crippen LogP contribution is 2.06. The van der Waals surface area contributed by atoms with Crippen LogP contribution in [0.5, 0.6) is 0 Å². The molecular formula is C10H20N2O2S. The average molecular weight is 232 g/mol. The molecule has 1 rings (SSSR count). The summed E-state index contributed by atoms with van der Waals surface area (Å²) in [4.78, 5) is 11.7. The summed E-state index contributed by atoms with van der Waals surface area (Å²) >= 11 is 0. The summed E-state index contributed by atoms with van der Waals surface area (Å²) in [6.45, 7) is 2.81. The summed E-state index contributed by atoms with van der Waals surface area (Å²) in [6, 6.07) is -0.0569. The Morgan fingerprint density at radius 2 is 2.33 bits per heavy atom.